The number of hydrogen-bond donors (Lipinski definition) is 0. The van der Waals surface area contributed by atoms with E-state index in [1.54, 1.807) is 0 Å². The molecular weight excluding hydrogens is 235 g/mol. The number of rotatable bonds is 0. The quantitative estimate of drug-likeness (QED) is 0.624. The number of hydrogen-bond acceptors (Lipinski definition) is 2. The van der Waals surface area contributed by atoms with Crippen molar-refractivity contribution >= 4 is 13.9 Å². The second-order valence-electron chi connectivity index (χ2n) is 7.58. The first-order valence-electron chi connectivity index (χ1n) is 6.86. The molecule has 4 heteroatoms. The maximum atomic E-state index is 6.25. The Morgan fingerprint density at radius 1 is 1.26 bits per heavy atom. The molecule has 0 aromatic rings. The van der Waals surface area contributed by atoms with Crippen molar-refractivity contribution in [2.45, 2.75) is 71.3 Å². The van der Waals surface area contributed by atoms with E-state index in [0.717, 1.165) is 13.0 Å². The fourth-order valence-electron chi connectivity index (χ4n) is 1.85. The van der Waals surface area contributed by atoms with Gasteiger partial charge in [0.1, 0.15) is 0 Å². The van der Waals surface area contributed by atoms with Crippen LogP contribution < -0.4 is 0 Å². The normalized spacial score (nSPS) is 28.3. The van der Waals surface area contributed by atoms with Crippen molar-refractivity contribution in [3.63, 3.8) is 0 Å². The Balaban J connectivity index is 3.20. The van der Waals surface area contributed by atoms with Crippen LogP contribution in [0.2, 0.25) is 5.31 Å². The van der Waals surface area contributed by atoms with Crippen LogP contribution >= 0.6 is 0 Å². The van der Waals surface area contributed by atoms with E-state index in [9.17, 15) is 0 Å². The second kappa shape index (κ2) is 4.88. The zero-order valence-electron chi connectivity index (χ0n) is 13.5. The molecule has 19 heavy (non-hydrogen) atoms. The lowest BCUT2D eigenvalue weighted by atomic mass is 9.67. The lowest BCUT2D eigenvalue weighted by Gasteiger charge is -2.36. The minimum atomic E-state index is -0.515. The fourth-order valence-corrected chi connectivity index (χ4v) is 1.85. The van der Waals surface area contributed by atoms with E-state index in [-0.39, 0.29) is 11.1 Å². The van der Waals surface area contributed by atoms with Gasteiger partial charge in [-0.3, -0.25) is 0 Å². The number of allylic oxidation sites excluding steroid dienone is 1. The van der Waals surface area contributed by atoms with E-state index in [0.29, 0.717) is 11.8 Å². The summed E-state index contributed by atoms with van der Waals surface area (Å²) in [5.41, 5.74) is -0.265. The third-order valence-corrected chi connectivity index (χ3v) is 3.18. The Kier molecular flexibility index (Phi) is 4.14. The van der Waals surface area contributed by atoms with Gasteiger partial charge in [-0.15, -0.1) is 0 Å². The molecule has 1 aliphatic heterocycles. The summed E-state index contributed by atoms with van der Waals surface area (Å²) < 4.78 is 5.90. The summed E-state index contributed by atoms with van der Waals surface area (Å²) in [6, 6.07) is 0.624. The van der Waals surface area contributed by atoms with Gasteiger partial charge in [0.05, 0.1) is 19.1 Å². The molecule has 1 saturated heterocycles. The van der Waals surface area contributed by atoms with Crippen LogP contribution in [0.15, 0.2) is 17.3 Å². The maximum Gasteiger partial charge on any atom is 0.293 e. The first kappa shape index (κ1) is 16.1. The summed E-state index contributed by atoms with van der Waals surface area (Å²) >= 11 is 0. The van der Waals surface area contributed by atoms with Crippen molar-refractivity contribution in [1.29, 1.82) is 0 Å². The van der Waals surface area contributed by atoms with Gasteiger partial charge in [-0.25, -0.2) is 4.99 Å². The summed E-state index contributed by atoms with van der Waals surface area (Å²) in [5.74, 6) is 0.585. The molecule has 0 bridgehead atoms. The maximum absolute atomic E-state index is 6.25. The van der Waals surface area contributed by atoms with Gasteiger partial charge in [-0.1, -0.05) is 13.5 Å². The molecule has 0 amide bonds. The van der Waals surface area contributed by atoms with Crippen molar-refractivity contribution in [3.05, 3.63) is 12.3 Å². The van der Waals surface area contributed by atoms with Gasteiger partial charge in [0.25, 0.3) is 6.02 Å². The minimum Gasteiger partial charge on any atom is -0.431 e. The molecule has 2 radical (unpaired) electrons. The highest BCUT2D eigenvalue weighted by molar-refractivity contribution is 6.17. The monoisotopic (exact) mass is 262 g/mol. The molecule has 1 aliphatic rings. The third-order valence-electron chi connectivity index (χ3n) is 3.18. The largest absolute Gasteiger partial charge is 0.431 e. The van der Waals surface area contributed by atoms with Crippen LogP contribution in [0.25, 0.3) is 0 Å². The molecule has 0 aromatic heterocycles. The van der Waals surface area contributed by atoms with Crippen molar-refractivity contribution in [1.82, 2.24) is 4.90 Å². The van der Waals surface area contributed by atoms with Crippen molar-refractivity contribution in [3.8, 4) is 0 Å². The lowest BCUT2D eigenvalue weighted by molar-refractivity contribution is 0.196. The van der Waals surface area contributed by atoms with E-state index >= 15 is 0 Å². The summed E-state index contributed by atoms with van der Waals surface area (Å²) in [6.07, 6.45) is 0.798. The zero-order valence-corrected chi connectivity index (χ0v) is 13.5. The van der Waals surface area contributed by atoms with Crippen LogP contribution in [-0.4, -0.2) is 36.4 Å². The topological polar surface area (TPSA) is 24.8 Å². The number of ether oxygens (including phenoxy) is 1. The van der Waals surface area contributed by atoms with Gasteiger partial charge in [0.2, 0.25) is 0 Å². The summed E-state index contributed by atoms with van der Waals surface area (Å²) in [5, 5.41) is -0.515. The average Bonchev–Trinajstić information content (AvgIpc) is 2.21. The van der Waals surface area contributed by atoms with Crippen LogP contribution in [0.4, 0.5) is 0 Å². The van der Waals surface area contributed by atoms with Gasteiger partial charge in [-0.05, 0) is 53.3 Å². The van der Waals surface area contributed by atoms with Gasteiger partial charge < -0.3 is 9.64 Å². The predicted octanol–water partition coefficient (Wildman–Crippen LogP) is 3.52. The van der Waals surface area contributed by atoms with Crippen molar-refractivity contribution in [2.75, 3.05) is 6.54 Å². The average molecular weight is 262 g/mol. The highest BCUT2D eigenvalue weighted by Crippen LogP contribution is 2.39. The third kappa shape index (κ3) is 4.29. The zero-order chi connectivity index (χ0) is 15.1. The Morgan fingerprint density at radius 2 is 1.79 bits per heavy atom. The van der Waals surface area contributed by atoms with Crippen LogP contribution in [-0.2, 0) is 4.74 Å². The van der Waals surface area contributed by atoms with Gasteiger partial charge >= 0.3 is 0 Å². The molecule has 1 fully saturated rings. The Bertz CT molecular complexity index is 386. The summed E-state index contributed by atoms with van der Waals surface area (Å²) in [7, 11) is 6.25. The van der Waals surface area contributed by atoms with Crippen molar-refractivity contribution < 1.29 is 4.74 Å². The highest BCUT2D eigenvalue weighted by Gasteiger charge is 2.36. The second-order valence-corrected chi connectivity index (χ2v) is 7.58. The molecule has 0 saturated carbocycles. The highest BCUT2D eigenvalue weighted by atomic mass is 16.5. The van der Waals surface area contributed by atoms with E-state index in [1.807, 2.05) is 6.92 Å². The molecular formula is C15H27BN2O. The van der Waals surface area contributed by atoms with Gasteiger partial charge in [-0.2, -0.15) is 0 Å². The fraction of sp³-hybridized carbons (Fsp3) is 0.800. The number of nitrogens with zero attached hydrogens (tertiary/aromatic N) is 2. The van der Waals surface area contributed by atoms with Gasteiger partial charge in [0.15, 0.2) is 0 Å². The first-order chi connectivity index (χ1) is 8.33. The van der Waals surface area contributed by atoms with Gasteiger partial charge in [0, 0.05) is 12.1 Å². The molecule has 0 aromatic carbocycles. The standard InChI is InChI=1S/C15H27BN2O/c1-11-15(8,16)9-10-18(14(5,6)7)12(19-11)17-13(2,3)4/h1,9-10H2,2-8H3. The molecule has 0 spiro atoms. The molecule has 0 N–H and O–H groups in total. The molecule has 3 nitrogen and oxygen atoms in total. The van der Waals surface area contributed by atoms with E-state index in [1.165, 1.54) is 0 Å². The van der Waals surface area contributed by atoms with Crippen LogP contribution in [0, 0.1) is 0 Å². The Morgan fingerprint density at radius 3 is 2.21 bits per heavy atom. The van der Waals surface area contributed by atoms with E-state index in [2.05, 4.69) is 53.0 Å². The molecule has 1 heterocycles. The molecule has 1 atom stereocenters. The molecule has 1 rings (SSSR count). The van der Waals surface area contributed by atoms with Crippen LogP contribution in [0.5, 0.6) is 0 Å². The SMILES string of the molecule is [B]C1(C)CCN(C(C)(C)C)C(=NC(C)(C)C)OC1=C. The predicted molar refractivity (Wildman–Crippen MR) is 82.6 cm³/mol. The first-order valence-corrected chi connectivity index (χ1v) is 6.86. The van der Waals surface area contributed by atoms with Crippen molar-refractivity contribution in [2.24, 2.45) is 4.99 Å². The minimum absolute atomic E-state index is 0.0647. The smallest absolute Gasteiger partial charge is 0.293 e. The lowest BCUT2D eigenvalue weighted by Crippen LogP contribution is -2.47. The Hall–Kier alpha value is -0.925. The summed E-state index contributed by atoms with van der Waals surface area (Å²) in [4.78, 5) is 6.86. The number of amidine groups is 1. The molecule has 1 unspecified atom stereocenters. The molecule has 106 valence electrons. The van der Waals surface area contributed by atoms with Crippen LogP contribution in [0.3, 0.4) is 0 Å². The Labute approximate surface area is 119 Å². The van der Waals surface area contributed by atoms with Crippen LogP contribution in [0.1, 0.15) is 54.9 Å². The van der Waals surface area contributed by atoms with E-state index < -0.39 is 5.31 Å². The molecule has 0 aliphatic carbocycles. The summed E-state index contributed by atoms with van der Waals surface area (Å²) in [6.45, 7) is 19.3. The number of aliphatic imine (C=N–C) groups is 1. The van der Waals surface area contributed by atoms with E-state index in [4.69, 9.17) is 17.6 Å².